The Balaban J connectivity index is 4.55. The molecule has 0 bridgehead atoms. The molecule has 0 radical (unpaired) electrons. The zero-order chi connectivity index (χ0) is 43.7. The second kappa shape index (κ2) is 40.0. The number of aliphatic hydroxyl groups is 1. The van der Waals surface area contributed by atoms with Crippen molar-refractivity contribution < 1.29 is 52.6 Å². The molecule has 0 spiro atoms. The third kappa shape index (κ3) is 39.8. The number of hydrogen-bond acceptors (Lipinski definition) is 10. The topological polar surface area (TPSA) is 192 Å². The Hall–Kier alpha value is -3.38. The number of allylic oxidation sites excluding steroid dienone is 12. The number of nitrogens with two attached hydrogens (primary N) is 1. The lowest BCUT2D eigenvalue weighted by molar-refractivity contribution is -0.161. The molecule has 2 unspecified atom stereocenters. The minimum absolute atomic E-state index is 0.0154. The second-order valence-electron chi connectivity index (χ2n) is 14.3. The molecular formula is C46H76NO11P. The molecule has 0 aromatic carbocycles. The van der Waals surface area contributed by atoms with E-state index in [0.717, 1.165) is 51.4 Å². The van der Waals surface area contributed by atoms with Gasteiger partial charge in [0.05, 0.1) is 19.3 Å². The molecule has 13 heteroatoms. The molecule has 0 aromatic heterocycles. The smallest absolute Gasteiger partial charge is 0.472 e. The van der Waals surface area contributed by atoms with Gasteiger partial charge < -0.3 is 30.3 Å². The molecule has 0 aliphatic heterocycles. The van der Waals surface area contributed by atoms with Gasteiger partial charge >= 0.3 is 25.7 Å². The molecule has 0 aromatic rings. The SMILES string of the molecule is CC/C=C\CC(O)/C=C/C=C/C/C=C\C/C=C\C/C=C\CCC(=O)O[C@H](COC(=O)CCCCCCCCC/C=C\CCCCCC)COP(=O)(O)OC[C@H](N)C(=O)O. The van der Waals surface area contributed by atoms with E-state index >= 15 is 0 Å². The minimum Gasteiger partial charge on any atom is -0.480 e. The number of phosphoric ester groups is 1. The quantitative estimate of drug-likeness (QED) is 0.0151. The highest BCUT2D eigenvalue weighted by atomic mass is 31.2. The van der Waals surface area contributed by atoms with Crippen LogP contribution >= 0.6 is 7.82 Å². The highest BCUT2D eigenvalue weighted by Crippen LogP contribution is 2.43. The standard InChI is InChI=1S/C46H76NO11P/c1-3-5-7-8-9-10-11-12-13-16-19-22-25-28-32-36-44(49)55-38-42(39-56-59(53,54)57-40-43(47)46(51)52)58-45(50)37-33-29-26-23-20-17-14-15-18-21-24-27-31-35-41(48)34-30-6-4-2/h6,10-11,15,17-18,20,24,26-27,29-31,35,41-43,48H,3-5,7-9,12-14,16,19,21-23,25,28,32-34,36-40,47H2,1-2H3,(H,51,52)(H,53,54)/b11-10-,18-15-,20-17-,27-24+,29-26-,30-6-,35-31+/t41?,42-,43+/m1/s1. The summed E-state index contributed by atoms with van der Waals surface area (Å²) in [4.78, 5) is 45.9. The van der Waals surface area contributed by atoms with Gasteiger partial charge in [-0.2, -0.15) is 0 Å². The van der Waals surface area contributed by atoms with Crippen LogP contribution in [-0.2, 0) is 37.5 Å². The molecule has 336 valence electrons. The molecule has 0 heterocycles. The van der Waals surface area contributed by atoms with Crippen molar-refractivity contribution in [2.45, 2.75) is 167 Å². The van der Waals surface area contributed by atoms with Crippen LogP contribution in [0.25, 0.3) is 0 Å². The summed E-state index contributed by atoms with van der Waals surface area (Å²) in [7, 11) is -4.75. The maximum atomic E-state index is 12.6. The van der Waals surface area contributed by atoms with Crippen molar-refractivity contribution in [3.63, 3.8) is 0 Å². The fraction of sp³-hybridized carbons (Fsp3) is 0.630. The lowest BCUT2D eigenvalue weighted by atomic mass is 10.1. The summed E-state index contributed by atoms with van der Waals surface area (Å²) >= 11 is 0. The Bertz CT molecular complexity index is 1340. The van der Waals surface area contributed by atoms with Crippen LogP contribution in [0.5, 0.6) is 0 Å². The van der Waals surface area contributed by atoms with E-state index in [1.165, 1.54) is 44.9 Å². The molecule has 59 heavy (non-hydrogen) atoms. The van der Waals surface area contributed by atoms with Crippen LogP contribution in [0.2, 0.25) is 0 Å². The highest BCUT2D eigenvalue weighted by molar-refractivity contribution is 7.47. The van der Waals surface area contributed by atoms with Crippen molar-refractivity contribution in [2.24, 2.45) is 5.73 Å². The molecule has 0 amide bonds. The van der Waals surface area contributed by atoms with Crippen molar-refractivity contribution in [3.05, 3.63) is 85.1 Å². The summed E-state index contributed by atoms with van der Waals surface area (Å²) in [5, 5.41) is 18.7. The number of phosphoric acid groups is 1. The van der Waals surface area contributed by atoms with E-state index in [4.69, 9.17) is 24.8 Å². The molecule has 0 saturated heterocycles. The van der Waals surface area contributed by atoms with Crippen molar-refractivity contribution >= 4 is 25.7 Å². The molecule has 0 rings (SSSR count). The molecule has 4 atom stereocenters. The van der Waals surface area contributed by atoms with E-state index in [-0.39, 0.29) is 12.8 Å². The van der Waals surface area contributed by atoms with E-state index in [2.05, 4.69) is 42.7 Å². The molecule has 0 saturated carbocycles. The van der Waals surface area contributed by atoms with Gasteiger partial charge in [0.15, 0.2) is 6.10 Å². The summed E-state index contributed by atoms with van der Waals surface area (Å²) in [5.74, 6) is -2.53. The molecular weight excluding hydrogens is 773 g/mol. The summed E-state index contributed by atoms with van der Waals surface area (Å²) in [6.45, 7) is 2.48. The third-order valence-electron chi connectivity index (χ3n) is 8.72. The van der Waals surface area contributed by atoms with Gasteiger partial charge in [0, 0.05) is 12.8 Å². The average Bonchev–Trinajstić information content (AvgIpc) is 3.20. The fourth-order valence-electron chi connectivity index (χ4n) is 5.29. The Morgan fingerprint density at radius 2 is 1.19 bits per heavy atom. The van der Waals surface area contributed by atoms with Crippen LogP contribution < -0.4 is 5.73 Å². The number of carbonyl (C=O) groups is 3. The molecule has 5 N–H and O–H groups in total. The molecule has 12 nitrogen and oxygen atoms in total. The number of carboxylic acids is 1. The number of carbonyl (C=O) groups excluding carboxylic acids is 2. The van der Waals surface area contributed by atoms with Crippen molar-refractivity contribution in [3.8, 4) is 0 Å². The Labute approximate surface area is 355 Å². The normalized spacial score (nSPS) is 15.1. The van der Waals surface area contributed by atoms with Crippen molar-refractivity contribution in [1.82, 2.24) is 0 Å². The summed E-state index contributed by atoms with van der Waals surface area (Å²) < 4.78 is 32.6. The van der Waals surface area contributed by atoms with Crippen LogP contribution in [-0.4, -0.2) is 71.1 Å². The second-order valence-corrected chi connectivity index (χ2v) is 15.7. The average molecular weight is 850 g/mol. The Kier molecular flexibility index (Phi) is 37.8. The highest BCUT2D eigenvalue weighted by Gasteiger charge is 2.28. The first-order valence-electron chi connectivity index (χ1n) is 21.7. The summed E-state index contributed by atoms with van der Waals surface area (Å²) in [6.07, 6.45) is 45.6. The minimum atomic E-state index is -4.75. The van der Waals surface area contributed by atoms with E-state index in [1.54, 1.807) is 6.08 Å². The van der Waals surface area contributed by atoms with Gasteiger partial charge in [-0.25, -0.2) is 4.57 Å². The van der Waals surface area contributed by atoms with Gasteiger partial charge in [-0.3, -0.25) is 23.4 Å². The zero-order valence-electron chi connectivity index (χ0n) is 35.9. The predicted octanol–water partition coefficient (Wildman–Crippen LogP) is 10.5. The lowest BCUT2D eigenvalue weighted by Gasteiger charge is -2.20. The third-order valence-corrected chi connectivity index (χ3v) is 9.67. The van der Waals surface area contributed by atoms with Crippen molar-refractivity contribution in [2.75, 3.05) is 19.8 Å². The van der Waals surface area contributed by atoms with E-state index < -0.39 is 63.8 Å². The molecule has 0 fully saturated rings. The van der Waals surface area contributed by atoms with Crippen LogP contribution in [0, 0.1) is 0 Å². The maximum Gasteiger partial charge on any atom is 0.472 e. The van der Waals surface area contributed by atoms with Gasteiger partial charge in [-0.1, -0.05) is 150 Å². The van der Waals surface area contributed by atoms with Crippen LogP contribution in [0.4, 0.5) is 0 Å². The van der Waals surface area contributed by atoms with Gasteiger partial charge in [-0.05, 0) is 70.6 Å². The lowest BCUT2D eigenvalue weighted by Crippen LogP contribution is -2.34. The van der Waals surface area contributed by atoms with Gasteiger partial charge in [0.2, 0.25) is 0 Å². The van der Waals surface area contributed by atoms with E-state index in [9.17, 15) is 28.9 Å². The number of aliphatic carboxylic acids is 1. The summed E-state index contributed by atoms with van der Waals surface area (Å²) in [5.41, 5.74) is 5.32. The first kappa shape index (κ1) is 55.6. The first-order valence-corrected chi connectivity index (χ1v) is 23.2. The van der Waals surface area contributed by atoms with Gasteiger partial charge in [0.25, 0.3) is 0 Å². The molecule has 0 aliphatic rings. The fourth-order valence-corrected chi connectivity index (χ4v) is 6.06. The largest absolute Gasteiger partial charge is 0.480 e. The van der Waals surface area contributed by atoms with E-state index in [0.29, 0.717) is 25.7 Å². The first-order chi connectivity index (χ1) is 28.5. The number of unbranched alkanes of at least 4 members (excludes halogenated alkanes) is 11. The number of carboxylic acid groups (broad SMARTS) is 1. The van der Waals surface area contributed by atoms with Crippen LogP contribution in [0.1, 0.15) is 149 Å². The predicted molar refractivity (Wildman–Crippen MR) is 236 cm³/mol. The Morgan fingerprint density at radius 3 is 1.81 bits per heavy atom. The number of aliphatic hydroxyl groups excluding tert-OH is 1. The van der Waals surface area contributed by atoms with Gasteiger partial charge in [0.1, 0.15) is 12.6 Å². The Morgan fingerprint density at radius 1 is 0.627 bits per heavy atom. The number of esters is 2. The number of rotatable bonds is 39. The maximum absolute atomic E-state index is 12.6. The molecule has 0 aliphatic carbocycles. The van der Waals surface area contributed by atoms with Crippen LogP contribution in [0.15, 0.2) is 85.1 Å². The van der Waals surface area contributed by atoms with Gasteiger partial charge in [-0.15, -0.1) is 0 Å². The zero-order valence-corrected chi connectivity index (χ0v) is 36.8. The van der Waals surface area contributed by atoms with Crippen molar-refractivity contribution in [1.29, 1.82) is 0 Å². The number of ether oxygens (including phenoxy) is 2. The monoisotopic (exact) mass is 850 g/mol. The van der Waals surface area contributed by atoms with Crippen LogP contribution in [0.3, 0.4) is 0 Å². The summed E-state index contributed by atoms with van der Waals surface area (Å²) in [6, 6.07) is -1.54. The van der Waals surface area contributed by atoms with E-state index in [1.807, 2.05) is 54.7 Å². The number of hydrogen-bond donors (Lipinski definition) is 4.